The Morgan fingerprint density at radius 2 is 2.11 bits per heavy atom. The smallest absolute Gasteiger partial charge is 0.364 e. The van der Waals surface area contributed by atoms with Crippen LogP contribution in [0.1, 0.15) is 39.0 Å². The van der Waals surface area contributed by atoms with Crippen LogP contribution in [-0.2, 0) is 4.74 Å². The monoisotopic (exact) mass is 280 g/mol. The van der Waals surface area contributed by atoms with Crippen LogP contribution in [0.2, 0.25) is 0 Å². The molecule has 1 aliphatic carbocycles. The first-order chi connectivity index (χ1) is 8.35. The lowest BCUT2D eigenvalue weighted by atomic mass is 9.79. The Bertz CT molecular complexity index is 317. The van der Waals surface area contributed by atoms with E-state index < -0.39 is 16.4 Å². The molecule has 3 unspecified atom stereocenters. The molecule has 1 nitrogen and oxygen atoms in total. The highest BCUT2D eigenvalue weighted by molar-refractivity contribution is 8.01. The van der Waals surface area contributed by atoms with E-state index in [-0.39, 0.29) is 5.41 Å². The van der Waals surface area contributed by atoms with Crippen molar-refractivity contribution in [1.29, 1.82) is 0 Å². The molecule has 0 amide bonds. The largest absolute Gasteiger partial charge is 0.400 e. The summed E-state index contributed by atoms with van der Waals surface area (Å²) in [5.41, 5.74) is -0.126. The van der Waals surface area contributed by atoms with Gasteiger partial charge in [-0.1, -0.05) is 6.08 Å². The van der Waals surface area contributed by atoms with Crippen LogP contribution in [0.3, 0.4) is 0 Å². The van der Waals surface area contributed by atoms with Crippen molar-refractivity contribution in [2.75, 3.05) is 6.61 Å². The van der Waals surface area contributed by atoms with Gasteiger partial charge in [0.1, 0.15) is 10.2 Å². The average molecular weight is 280 g/mol. The maximum atomic E-state index is 12.8. The van der Waals surface area contributed by atoms with Crippen LogP contribution < -0.4 is 0 Å². The molecule has 0 radical (unpaired) electrons. The molecule has 0 aromatic carbocycles. The highest BCUT2D eigenvalue weighted by Crippen LogP contribution is 2.64. The van der Waals surface area contributed by atoms with E-state index in [0.29, 0.717) is 6.61 Å². The predicted molar refractivity (Wildman–Crippen MR) is 67.5 cm³/mol. The zero-order chi connectivity index (χ0) is 13.4. The summed E-state index contributed by atoms with van der Waals surface area (Å²) in [6.07, 6.45) is 1.91. The van der Waals surface area contributed by atoms with Gasteiger partial charge in [-0.3, -0.25) is 0 Å². The molecule has 0 bridgehead atoms. The molecular formula is C13H19F3OS. The lowest BCUT2D eigenvalue weighted by molar-refractivity contribution is -0.126. The van der Waals surface area contributed by atoms with E-state index in [1.165, 1.54) is 6.92 Å². The summed E-state index contributed by atoms with van der Waals surface area (Å²) in [5, 5.41) is -1.38. The molecule has 0 spiro atoms. The van der Waals surface area contributed by atoms with Crippen molar-refractivity contribution in [2.24, 2.45) is 5.41 Å². The zero-order valence-electron chi connectivity index (χ0n) is 10.6. The Balaban J connectivity index is 2.20. The first kappa shape index (κ1) is 14.3. The van der Waals surface area contributed by atoms with Crippen molar-refractivity contribution < 1.29 is 17.9 Å². The number of alkyl halides is 3. The normalized spacial score (nSPS) is 37.6. The van der Waals surface area contributed by atoms with Gasteiger partial charge in [0.2, 0.25) is 0 Å². The standard InChI is InChI=1S/C13H19F3OS/c1-3-5-11-6-4-7-12(11,17-9-8-11)18-10(2)13(14,15)16/h3,10H,1,4-9H2,2H3. The highest BCUT2D eigenvalue weighted by Gasteiger charge is 2.61. The van der Waals surface area contributed by atoms with Gasteiger partial charge in [-0.25, -0.2) is 0 Å². The third-order valence-corrected chi connectivity index (χ3v) is 6.00. The van der Waals surface area contributed by atoms with E-state index in [1.807, 2.05) is 6.08 Å². The second-order valence-electron chi connectivity index (χ2n) is 5.28. The van der Waals surface area contributed by atoms with Crippen LogP contribution in [0.15, 0.2) is 12.7 Å². The number of hydrogen-bond donors (Lipinski definition) is 0. The van der Waals surface area contributed by atoms with Crippen LogP contribution in [0, 0.1) is 5.41 Å². The number of fused-ring (bicyclic) bond motifs is 1. The number of ether oxygens (including phenoxy) is 1. The SMILES string of the molecule is C=CCC12CCCC1(SC(C)C(F)(F)F)OCC2. The molecule has 3 atom stereocenters. The van der Waals surface area contributed by atoms with Crippen molar-refractivity contribution >= 4 is 11.8 Å². The third-order valence-electron chi connectivity index (χ3n) is 4.25. The van der Waals surface area contributed by atoms with E-state index in [9.17, 15) is 13.2 Å². The van der Waals surface area contributed by atoms with Crippen molar-refractivity contribution in [3.05, 3.63) is 12.7 Å². The predicted octanol–water partition coefficient (Wildman–Crippen LogP) is 4.53. The minimum absolute atomic E-state index is 0.126. The molecule has 1 aliphatic heterocycles. The third kappa shape index (κ3) is 2.20. The molecule has 0 aromatic heterocycles. The number of hydrogen-bond acceptors (Lipinski definition) is 2. The lowest BCUT2D eigenvalue weighted by Crippen LogP contribution is -2.40. The molecule has 0 N–H and O–H groups in total. The van der Waals surface area contributed by atoms with Crippen LogP contribution in [-0.4, -0.2) is 23.0 Å². The van der Waals surface area contributed by atoms with Gasteiger partial charge in [0.25, 0.3) is 0 Å². The highest BCUT2D eigenvalue weighted by atomic mass is 32.2. The van der Waals surface area contributed by atoms with Gasteiger partial charge >= 0.3 is 6.18 Å². The van der Waals surface area contributed by atoms with Gasteiger partial charge in [-0.2, -0.15) is 13.2 Å². The summed E-state index contributed by atoms with van der Waals surface area (Å²) >= 11 is 0.976. The molecule has 1 heterocycles. The van der Waals surface area contributed by atoms with E-state index in [0.717, 1.165) is 43.9 Å². The number of thioether (sulfide) groups is 1. The van der Waals surface area contributed by atoms with Gasteiger partial charge < -0.3 is 4.74 Å². The minimum Gasteiger partial charge on any atom is -0.364 e. The molecule has 1 saturated carbocycles. The first-order valence-electron chi connectivity index (χ1n) is 6.35. The summed E-state index contributed by atoms with van der Waals surface area (Å²) in [6, 6.07) is 0. The van der Waals surface area contributed by atoms with Crippen LogP contribution in [0.4, 0.5) is 13.2 Å². The fraction of sp³-hybridized carbons (Fsp3) is 0.846. The van der Waals surface area contributed by atoms with Gasteiger partial charge in [0.15, 0.2) is 0 Å². The molecule has 2 fully saturated rings. The summed E-state index contributed by atoms with van der Waals surface area (Å²) in [7, 11) is 0. The quantitative estimate of drug-likeness (QED) is 0.699. The van der Waals surface area contributed by atoms with E-state index in [1.54, 1.807) is 0 Å². The van der Waals surface area contributed by atoms with E-state index >= 15 is 0 Å². The molecule has 2 aliphatic rings. The molecule has 18 heavy (non-hydrogen) atoms. The Morgan fingerprint density at radius 3 is 2.72 bits per heavy atom. The topological polar surface area (TPSA) is 9.23 Å². The fourth-order valence-corrected chi connectivity index (χ4v) is 4.93. The van der Waals surface area contributed by atoms with E-state index in [4.69, 9.17) is 4.74 Å². The molecule has 2 rings (SSSR count). The Labute approximate surface area is 110 Å². The second-order valence-corrected chi connectivity index (χ2v) is 6.88. The molecule has 1 saturated heterocycles. The lowest BCUT2D eigenvalue weighted by Gasteiger charge is -2.40. The van der Waals surface area contributed by atoms with Gasteiger partial charge in [-0.15, -0.1) is 18.3 Å². The van der Waals surface area contributed by atoms with Crippen LogP contribution >= 0.6 is 11.8 Å². The Morgan fingerprint density at radius 1 is 1.39 bits per heavy atom. The van der Waals surface area contributed by atoms with Crippen LogP contribution in [0.5, 0.6) is 0 Å². The summed E-state index contributed by atoms with van der Waals surface area (Å²) < 4.78 is 44.1. The maximum absolute atomic E-state index is 12.8. The molecule has 104 valence electrons. The van der Waals surface area contributed by atoms with Crippen molar-refractivity contribution in [1.82, 2.24) is 0 Å². The van der Waals surface area contributed by atoms with Gasteiger partial charge in [-0.05, 0) is 39.0 Å². The fourth-order valence-electron chi connectivity index (χ4n) is 3.27. The minimum atomic E-state index is -4.16. The Hall–Kier alpha value is -0.160. The van der Waals surface area contributed by atoms with Crippen molar-refractivity contribution in [2.45, 2.75) is 55.4 Å². The first-order valence-corrected chi connectivity index (χ1v) is 7.23. The van der Waals surface area contributed by atoms with Crippen molar-refractivity contribution in [3.8, 4) is 0 Å². The van der Waals surface area contributed by atoms with Gasteiger partial charge in [0.05, 0.1) is 0 Å². The number of rotatable bonds is 4. The summed E-state index contributed by atoms with van der Waals surface area (Å²) in [6.45, 7) is 5.56. The van der Waals surface area contributed by atoms with Crippen LogP contribution in [0.25, 0.3) is 0 Å². The van der Waals surface area contributed by atoms with Gasteiger partial charge in [0, 0.05) is 12.0 Å². The Kier molecular flexibility index (Phi) is 3.76. The molecule has 5 heteroatoms. The molecule has 0 aromatic rings. The summed E-state index contributed by atoms with van der Waals surface area (Å²) in [5.74, 6) is 0. The van der Waals surface area contributed by atoms with E-state index in [2.05, 4.69) is 6.58 Å². The number of halogens is 3. The number of allylic oxidation sites excluding steroid dienone is 1. The zero-order valence-corrected chi connectivity index (χ0v) is 11.4. The molecular weight excluding hydrogens is 261 g/mol. The maximum Gasteiger partial charge on any atom is 0.400 e. The second kappa shape index (κ2) is 4.75. The van der Waals surface area contributed by atoms with Crippen molar-refractivity contribution in [3.63, 3.8) is 0 Å². The summed E-state index contributed by atoms with van der Waals surface area (Å²) in [4.78, 5) is -0.643. The average Bonchev–Trinajstić information content (AvgIpc) is 2.71.